The largest absolute Gasteiger partial charge is 0.489 e. The minimum atomic E-state index is -0.594. The topological polar surface area (TPSA) is 88.2 Å². The zero-order valence-electron chi connectivity index (χ0n) is 20.8. The molecule has 2 saturated carbocycles. The monoisotopic (exact) mass is 483 g/mol. The molecule has 0 bridgehead atoms. The number of methoxy groups -OCH3 is 1. The Balaban J connectivity index is 1.20. The smallest absolute Gasteiger partial charge is 0.255 e. The first-order chi connectivity index (χ1) is 16.9. The number of piperidine rings is 1. The first kappa shape index (κ1) is 24.3. The van der Waals surface area contributed by atoms with E-state index in [-0.39, 0.29) is 30.2 Å². The average Bonchev–Trinajstić information content (AvgIpc) is 3.44. The maximum absolute atomic E-state index is 13.0. The normalized spacial score (nSPS) is 31.1. The van der Waals surface area contributed by atoms with Crippen molar-refractivity contribution in [3.05, 3.63) is 29.3 Å². The van der Waals surface area contributed by atoms with Gasteiger partial charge >= 0.3 is 0 Å². The lowest BCUT2D eigenvalue weighted by Crippen LogP contribution is -2.52. The van der Waals surface area contributed by atoms with Crippen LogP contribution in [0.3, 0.4) is 0 Å². The van der Waals surface area contributed by atoms with Crippen molar-refractivity contribution in [3.63, 3.8) is 0 Å². The number of carbonyl (C=O) groups excluding carboxylic acids is 3. The maximum atomic E-state index is 13.0. The van der Waals surface area contributed by atoms with Crippen LogP contribution in [0.4, 0.5) is 0 Å². The summed E-state index contributed by atoms with van der Waals surface area (Å²) < 4.78 is 12.0. The lowest BCUT2D eigenvalue weighted by atomic mass is 9.87. The Kier molecular flexibility index (Phi) is 7.12. The highest BCUT2D eigenvalue weighted by Crippen LogP contribution is 2.34. The molecule has 2 heterocycles. The van der Waals surface area contributed by atoms with E-state index in [1.54, 1.807) is 4.90 Å². The van der Waals surface area contributed by atoms with E-state index in [2.05, 4.69) is 17.3 Å². The van der Waals surface area contributed by atoms with Crippen molar-refractivity contribution in [2.75, 3.05) is 20.7 Å². The number of likely N-dealkylation sites (N-methyl/N-ethyl adjacent to an activating group) is 1. The number of ether oxygens (including phenoxy) is 2. The van der Waals surface area contributed by atoms with Gasteiger partial charge in [-0.3, -0.25) is 24.6 Å². The molecule has 3 fully saturated rings. The molecule has 0 radical (unpaired) electrons. The molecule has 0 aromatic heterocycles. The van der Waals surface area contributed by atoms with Gasteiger partial charge in [0.1, 0.15) is 17.9 Å². The quantitative estimate of drug-likeness (QED) is 0.600. The summed E-state index contributed by atoms with van der Waals surface area (Å²) in [6.07, 6.45) is 9.29. The molecule has 1 saturated heterocycles. The number of hydrogen-bond acceptors (Lipinski definition) is 6. The molecule has 0 spiro atoms. The van der Waals surface area contributed by atoms with Gasteiger partial charge in [-0.15, -0.1) is 0 Å². The fourth-order valence-corrected chi connectivity index (χ4v) is 6.44. The van der Waals surface area contributed by atoms with Crippen LogP contribution in [0.2, 0.25) is 0 Å². The number of imide groups is 1. The number of fused-ring (bicyclic) bond motifs is 1. The third-order valence-corrected chi connectivity index (χ3v) is 8.44. The molecular weight excluding hydrogens is 446 g/mol. The van der Waals surface area contributed by atoms with Gasteiger partial charge in [0.15, 0.2) is 0 Å². The Morgan fingerprint density at radius 2 is 1.86 bits per heavy atom. The number of nitrogens with one attached hydrogen (secondary N) is 1. The molecule has 5 rings (SSSR count). The Morgan fingerprint density at radius 1 is 1.06 bits per heavy atom. The Bertz CT molecular complexity index is 974. The van der Waals surface area contributed by atoms with Crippen LogP contribution in [-0.2, 0) is 20.9 Å². The highest BCUT2D eigenvalue weighted by atomic mass is 16.5. The molecule has 35 heavy (non-hydrogen) atoms. The number of benzene rings is 1. The van der Waals surface area contributed by atoms with E-state index in [1.807, 2.05) is 25.3 Å². The molecule has 1 unspecified atom stereocenters. The third kappa shape index (κ3) is 5.09. The second-order valence-electron chi connectivity index (χ2n) is 10.7. The van der Waals surface area contributed by atoms with Crippen molar-refractivity contribution in [1.82, 2.24) is 15.1 Å². The molecule has 3 amide bonds. The van der Waals surface area contributed by atoms with Crippen molar-refractivity contribution in [1.29, 1.82) is 0 Å². The van der Waals surface area contributed by atoms with Crippen LogP contribution >= 0.6 is 0 Å². The van der Waals surface area contributed by atoms with Gasteiger partial charge in [0.25, 0.3) is 5.91 Å². The van der Waals surface area contributed by atoms with Gasteiger partial charge in [-0.05, 0) is 88.1 Å². The van der Waals surface area contributed by atoms with Crippen LogP contribution in [0.25, 0.3) is 0 Å². The maximum Gasteiger partial charge on any atom is 0.255 e. The van der Waals surface area contributed by atoms with E-state index in [0.29, 0.717) is 30.7 Å². The SMILES string of the molecule is COC1CCC(CN(C)[C@H]2CCC[C@@H]2Oc2ccc3c(c2)CN(C2CCC(=O)NC2=O)C3=O)CC1. The van der Waals surface area contributed by atoms with Gasteiger partial charge in [0, 0.05) is 38.2 Å². The fraction of sp³-hybridized carbons (Fsp3) is 0.667. The minimum absolute atomic E-state index is 0.136. The highest BCUT2D eigenvalue weighted by Gasteiger charge is 2.39. The summed E-state index contributed by atoms with van der Waals surface area (Å²) in [7, 11) is 4.05. The number of rotatable bonds is 7. The van der Waals surface area contributed by atoms with Gasteiger partial charge in [-0.1, -0.05) is 0 Å². The molecule has 4 aliphatic rings. The zero-order valence-corrected chi connectivity index (χ0v) is 20.8. The molecule has 3 atom stereocenters. The van der Waals surface area contributed by atoms with Crippen LogP contribution in [0, 0.1) is 5.92 Å². The summed E-state index contributed by atoms with van der Waals surface area (Å²) >= 11 is 0. The predicted molar refractivity (Wildman–Crippen MR) is 130 cm³/mol. The Morgan fingerprint density at radius 3 is 2.60 bits per heavy atom. The second kappa shape index (κ2) is 10.3. The molecular formula is C27H37N3O5. The van der Waals surface area contributed by atoms with Gasteiger partial charge in [-0.2, -0.15) is 0 Å². The molecule has 2 aliphatic carbocycles. The van der Waals surface area contributed by atoms with Crippen molar-refractivity contribution < 1.29 is 23.9 Å². The predicted octanol–water partition coefficient (Wildman–Crippen LogP) is 2.88. The van der Waals surface area contributed by atoms with E-state index in [1.165, 1.54) is 12.8 Å². The highest BCUT2D eigenvalue weighted by molar-refractivity contribution is 6.05. The molecule has 2 aliphatic heterocycles. The number of hydrogen-bond donors (Lipinski definition) is 1. The van der Waals surface area contributed by atoms with E-state index in [4.69, 9.17) is 9.47 Å². The van der Waals surface area contributed by atoms with Crippen LogP contribution in [0.5, 0.6) is 5.75 Å². The van der Waals surface area contributed by atoms with E-state index in [9.17, 15) is 14.4 Å². The molecule has 8 heteroatoms. The summed E-state index contributed by atoms with van der Waals surface area (Å²) in [6, 6.07) is 5.46. The standard InChI is InChI=1S/C27H37N3O5/c1-29(15-17-6-8-19(34-2)9-7-17)22-4-3-5-24(22)35-20-10-11-21-18(14-20)16-30(27(21)33)23-12-13-25(31)28-26(23)32/h10-11,14,17,19,22-24H,3-9,12-13,15-16H2,1-2H3,(H,28,31,32)/t17?,19?,22-,23?,24-/m0/s1. The summed E-state index contributed by atoms with van der Waals surface area (Å²) in [6.45, 7) is 1.47. The summed E-state index contributed by atoms with van der Waals surface area (Å²) in [4.78, 5) is 40.8. The zero-order chi connectivity index (χ0) is 24.5. The van der Waals surface area contributed by atoms with Crippen molar-refractivity contribution in [2.45, 2.75) is 88.6 Å². The van der Waals surface area contributed by atoms with E-state index >= 15 is 0 Å². The van der Waals surface area contributed by atoms with E-state index < -0.39 is 6.04 Å². The van der Waals surface area contributed by atoms with Crippen LogP contribution in [-0.4, -0.2) is 72.5 Å². The molecule has 8 nitrogen and oxygen atoms in total. The molecule has 1 N–H and O–H groups in total. The van der Waals surface area contributed by atoms with Crippen molar-refractivity contribution in [3.8, 4) is 5.75 Å². The summed E-state index contributed by atoms with van der Waals surface area (Å²) in [5.74, 6) is 0.698. The Hall–Kier alpha value is -2.45. The average molecular weight is 484 g/mol. The lowest BCUT2D eigenvalue weighted by Gasteiger charge is -2.35. The summed E-state index contributed by atoms with van der Waals surface area (Å²) in [5, 5.41) is 2.36. The van der Waals surface area contributed by atoms with Crippen LogP contribution in [0.15, 0.2) is 18.2 Å². The van der Waals surface area contributed by atoms with Gasteiger partial charge < -0.3 is 14.4 Å². The molecule has 1 aromatic carbocycles. The lowest BCUT2D eigenvalue weighted by molar-refractivity contribution is -0.136. The second-order valence-corrected chi connectivity index (χ2v) is 10.7. The van der Waals surface area contributed by atoms with Gasteiger partial charge in [0.05, 0.1) is 6.10 Å². The van der Waals surface area contributed by atoms with Gasteiger partial charge in [-0.25, -0.2) is 0 Å². The van der Waals surface area contributed by atoms with E-state index in [0.717, 1.165) is 55.9 Å². The van der Waals surface area contributed by atoms with Crippen molar-refractivity contribution >= 4 is 17.7 Å². The number of amides is 3. The van der Waals surface area contributed by atoms with Crippen molar-refractivity contribution in [2.24, 2.45) is 5.92 Å². The first-order valence-electron chi connectivity index (χ1n) is 13.1. The number of carbonyl (C=O) groups is 3. The minimum Gasteiger partial charge on any atom is -0.489 e. The van der Waals surface area contributed by atoms with Crippen LogP contribution < -0.4 is 10.1 Å². The molecule has 1 aromatic rings. The van der Waals surface area contributed by atoms with Crippen LogP contribution in [0.1, 0.15) is 73.7 Å². The fourth-order valence-electron chi connectivity index (χ4n) is 6.44. The third-order valence-electron chi connectivity index (χ3n) is 8.44. The Labute approximate surface area is 207 Å². The van der Waals surface area contributed by atoms with Gasteiger partial charge in [0.2, 0.25) is 11.8 Å². The number of nitrogens with zero attached hydrogens (tertiary/aromatic N) is 2. The summed E-state index contributed by atoms with van der Waals surface area (Å²) in [5.41, 5.74) is 1.50. The molecule has 190 valence electrons. The first-order valence-corrected chi connectivity index (χ1v) is 13.1.